The summed E-state index contributed by atoms with van der Waals surface area (Å²) in [4.78, 5) is 12.6. The fourth-order valence-corrected chi connectivity index (χ4v) is 4.11. The molecular weight excluding hydrogens is 430 g/mol. The Morgan fingerprint density at radius 2 is 1.53 bits per heavy atom. The molecule has 0 radical (unpaired) electrons. The number of nitrogens with two attached hydrogens (primary N) is 1. The van der Waals surface area contributed by atoms with Gasteiger partial charge in [-0.05, 0) is 88.9 Å². The molecule has 0 aliphatic carbocycles. The van der Waals surface area contributed by atoms with Crippen LogP contribution in [0.25, 0.3) is 22.3 Å². The first-order valence-corrected chi connectivity index (χ1v) is 12.3. The van der Waals surface area contributed by atoms with Gasteiger partial charge in [0.2, 0.25) is 12.5 Å². The standard InChI is InChI=1S/C27H35N3O4/c28-13-5-17-30-16-4-3-15-29-14-2-1-6-20-7-9-21(10-8-20)25-18-23(31)22-11-12-24-27(26(22)34-25)33-19-32-24/h7-12,18,29-30H,1-6,13-17,19,28H2. The van der Waals surface area contributed by atoms with E-state index >= 15 is 0 Å². The highest BCUT2D eigenvalue weighted by atomic mass is 16.7. The summed E-state index contributed by atoms with van der Waals surface area (Å²) in [6.45, 7) is 5.12. The van der Waals surface area contributed by atoms with Gasteiger partial charge in [-0.2, -0.15) is 0 Å². The first-order valence-electron chi connectivity index (χ1n) is 12.3. The zero-order valence-corrected chi connectivity index (χ0v) is 19.7. The molecule has 1 aromatic heterocycles. The molecule has 0 saturated heterocycles. The molecule has 182 valence electrons. The summed E-state index contributed by atoms with van der Waals surface area (Å²) in [6.07, 6.45) is 6.78. The summed E-state index contributed by atoms with van der Waals surface area (Å²) in [5, 5.41) is 7.44. The molecule has 0 bridgehead atoms. The molecule has 4 N–H and O–H groups in total. The van der Waals surface area contributed by atoms with Crippen LogP contribution in [0.2, 0.25) is 0 Å². The highest BCUT2D eigenvalue weighted by Crippen LogP contribution is 2.39. The average molecular weight is 466 g/mol. The Labute approximate surface area is 200 Å². The Balaban J connectivity index is 1.21. The van der Waals surface area contributed by atoms with Gasteiger partial charge in [-0.15, -0.1) is 0 Å². The van der Waals surface area contributed by atoms with E-state index in [2.05, 4.69) is 22.8 Å². The third-order valence-electron chi connectivity index (χ3n) is 6.06. The van der Waals surface area contributed by atoms with Crippen LogP contribution >= 0.6 is 0 Å². The molecule has 2 heterocycles. The lowest BCUT2D eigenvalue weighted by Gasteiger charge is -2.07. The van der Waals surface area contributed by atoms with E-state index in [0.717, 1.165) is 64.0 Å². The van der Waals surface area contributed by atoms with Gasteiger partial charge in [0.25, 0.3) is 0 Å². The van der Waals surface area contributed by atoms with Crippen molar-refractivity contribution >= 4 is 11.0 Å². The van der Waals surface area contributed by atoms with E-state index in [1.54, 1.807) is 18.2 Å². The molecule has 7 nitrogen and oxygen atoms in total. The van der Waals surface area contributed by atoms with Crippen LogP contribution in [-0.2, 0) is 6.42 Å². The maximum absolute atomic E-state index is 12.6. The third kappa shape index (κ3) is 6.38. The van der Waals surface area contributed by atoms with Crippen LogP contribution in [0.1, 0.15) is 37.7 Å². The van der Waals surface area contributed by atoms with E-state index in [1.165, 1.54) is 18.4 Å². The SMILES string of the molecule is NCCCNCCCCNCCCCc1ccc(-c2cc(=O)c3ccc4c(c3o2)OCO4)cc1. The summed E-state index contributed by atoms with van der Waals surface area (Å²) in [5.41, 5.74) is 7.99. The molecule has 0 fully saturated rings. The minimum absolute atomic E-state index is 0.0889. The number of unbranched alkanes of at least 4 members (excludes halogenated alkanes) is 2. The van der Waals surface area contributed by atoms with E-state index in [9.17, 15) is 4.79 Å². The minimum atomic E-state index is -0.0889. The number of hydrogen-bond acceptors (Lipinski definition) is 7. The van der Waals surface area contributed by atoms with E-state index in [-0.39, 0.29) is 12.2 Å². The highest BCUT2D eigenvalue weighted by Gasteiger charge is 2.20. The molecule has 1 aliphatic heterocycles. The van der Waals surface area contributed by atoms with Crippen molar-refractivity contribution in [1.29, 1.82) is 0 Å². The largest absolute Gasteiger partial charge is 0.453 e. The maximum Gasteiger partial charge on any atom is 0.231 e. The predicted molar refractivity (Wildman–Crippen MR) is 136 cm³/mol. The van der Waals surface area contributed by atoms with Gasteiger partial charge < -0.3 is 30.3 Å². The minimum Gasteiger partial charge on any atom is -0.453 e. The topological polar surface area (TPSA) is 98.8 Å². The lowest BCUT2D eigenvalue weighted by molar-refractivity contribution is 0.174. The molecule has 0 saturated carbocycles. The second kappa shape index (κ2) is 12.6. The molecular formula is C27H35N3O4. The van der Waals surface area contributed by atoms with Gasteiger partial charge in [0.05, 0.1) is 5.39 Å². The van der Waals surface area contributed by atoms with Crippen molar-refractivity contribution in [1.82, 2.24) is 10.6 Å². The van der Waals surface area contributed by atoms with Crippen molar-refractivity contribution in [3.8, 4) is 22.8 Å². The molecule has 0 atom stereocenters. The van der Waals surface area contributed by atoms with Gasteiger partial charge in [0, 0.05) is 11.6 Å². The third-order valence-corrected chi connectivity index (χ3v) is 6.06. The molecule has 3 aromatic rings. The molecule has 7 heteroatoms. The van der Waals surface area contributed by atoms with Crippen LogP contribution < -0.4 is 31.3 Å². The fraction of sp³-hybridized carbons (Fsp3) is 0.444. The Hall–Kier alpha value is -2.87. The van der Waals surface area contributed by atoms with Crippen LogP contribution in [0.15, 0.2) is 51.7 Å². The Morgan fingerprint density at radius 1 is 0.824 bits per heavy atom. The summed E-state index contributed by atoms with van der Waals surface area (Å²) < 4.78 is 17.0. The van der Waals surface area contributed by atoms with E-state index in [4.69, 9.17) is 19.6 Å². The molecule has 0 amide bonds. The second-order valence-corrected chi connectivity index (χ2v) is 8.65. The van der Waals surface area contributed by atoms with Gasteiger partial charge in [-0.1, -0.05) is 24.3 Å². The first kappa shape index (κ1) is 24.3. The maximum atomic E-state index is 12.6. The lowest BCUT2D eigenvalue weighted by atomic mass is 10.0. The summed E-state index contributed by atoms with van der Waals surface area (Å²) >= 11 is 0. The van der Waals surface area contributed by atoms with Gasteiger partial charge in [0.1, 0.15) is 5.76 Å². The van der Waals surface area contributed by atoms with Crippen LogP contribution in [0.3, 0.4) is 0 Å². The lowest BCUT2D eigenvalue weighted by Crippen LogP contribution is -2.21. The monoisotopic (exact) mass is 465 g/mol. The molecule has 1 aliphatic rings. The van der Waals surface area contributed by atoms with E-state index in [0.29, 0.717) is 28.2 Å². The Kier molecular flexibility index (Phi) is 8.96. The van der Waals surface area contributed by atoms with Crippen LogP contribution in [-0.4, -0.2) is 39.5 Å². The van der Waals surface area contributed by atoms with Crippen molar-refractivity contribution in [3.05, 3.63) is 58.3 Å². The number of fused-ring (bicyclic) bond motifs is 3. The van der Waals surface area contributed by atoms with Gasteiger partial charge >= 0.3 is 0 Å². The summed E-state index contributed by atoms with van der Waals surface area (Å²) in [5.74, 6) is 1.64. The number of hydrogen-bond donors (Lipinski definition) is 3. The first-order chi connectivity index (χ1) is 16.8. The van der Waals surface area contributed by atoms with Crippen LogP contribution in [0, 0.1) is 0 Å². The van der Waals surface area contributed by atoms with E-state index < -0.39 is 0 Å². The van der Waals surface area contributed by atoms with Gasteiger partial charge in [-0.25, -0.2) is 0 Å². The van der Waals surface area contributed by atoms with Gasteiger partial charge in [0.15, 0.2) is 16.8 Å². The van der Waals surface area contributed by atoms with Crippen molar-refractivity contribution in [2.45, 2.75) is 38.5 Å². The summed E-state index contributed by atoms with van der Waals surface area (Å²) in [6, 6.07) is 13.3. The molecule has 34 heavy (non-hydrogen) atoms. The molecule has 4 rings (SSSR count). The summed E-state index contributed by atoms with van der Waals surface area (Å²) in [7, 11) is 0. The fourth-order valence-electron chi connectivity index (χ4n) is 4.11. The smallest absolute Gasteiger partial charge is 0.231 e. The van der Waals surface area contributed by atoms with E-state index in [1.807, 2.05) is 12.1 Å². The average Bonchev–Trinajstić information content (AvgIpc) is 3.35. The van der Waals surface area contributed by atoms with Crippen LogP contribution in [0.5, 0.6) is 11.5 Å². The van der Waals surface area contributed by atoms with Gasteiger partial charge in [-0.3, -0.25) is 4.79 Å². The number of aryl methyl sites for hydroxylation is 1. The van der Waals surface area contributed by atoms with Crippen LogP contribution in [0.4, 0.5) is 0 Å². The highest BCUT2D eigenvalue weighted by molar-refractivity contribution is 5.87. The zero-order valence-electron chi connectivity index (χ0n) is 19.7. The quantitative estimate of drug-likeness (QED) is 0.311. The Morgan fingerprint density at radius 3 is 2.26 bits per heavy atom. The van der Waals surface area contributed by atoms with Crippen molar-refractivity contribution in [2.75, 3.05) is 39.5 Å². The number of benzene rings is 2. The number of nitrogens with one attached hydrogen (secondary N) is 2. The van der Waals surface area contributed by atoms with Crippen molar-refractivity contribution < 1.29 is 13.9 Å². The normalized spacial score (nSPS) is 12.5. The second-order valence-electron chi connectivity index (χ2n) is 8.65. The predicted octanol–water partition coefficient (Wildman–Crippen LogP) is 3.82. The molecule has 0 spiro atoms. The molecule has 0 unspecified atom stereocenters. The zero-order chi connectivity index (χ0) is 23.6. The van der Waals surface area contributed by atoms with Crippen molar-refractivity contribution in [3.63, 3.8) is 0 Å². The number of rotatable bonds is 14. The molecule has 2 aromatic carbocycles. The Bertz CT molecular complexity index is 1110. The number of ether oxygens (including phenoxy) is 2. The van der Waals surface area contributed by atoms with Crippen molar-refractivity contribution in [2.24, 2.45) is 5.73 Å².